The van der Waals surface area contributed by atoms with Gasteiger partial charge in [-0.3, -0.25) is 14.2 Å². The van der Waals surface area contributed by atoms with Crippen LogP contribution in [0.1, 0.15) is 16.1 Å². The Morgan fingerprint density at radius 2 is 2.08 bits per heavy atom. The maximum Gasteiger partial charge on any atom is 0.275 e. The minimum absolute atomic E-state index is 0.282. The van der Waals surface area contributed by atoms with Gasteiger partial charge in [-0.15, -0.1) is 0 Å². The van der Waals surface area contributed by atoms with Gasteiger partial charge in [0.25, 0.3) is 5.91 Å². The second kappa shape index (κ2) is 6.96. The second-order valence-electron chi connectivity index (χ2n) is 5.07. The largest absolute Gasteiger partial charge is 0.303 e. The van der Waals surface area contributed by atoms with Gasteiger partial charge in [0, 0.05) is 19.4 Å². The molecule has 1 N–H and O–H groups in total. The Hall–Kier alpha value is -1.83. The number of aryl methyl sites for hydroxylation is 1. The zero-order valence-electron chi connectivity index (χ0n) is 12.5. The van der Waals surface area contributed by atoms with Gasteiger partial charge in [-0.1, -0.05) is 29.3 Å². The molecule has 0 spiro atoms. The summed E-state index contributed by atoms with van der Waals surface area (Å²) in [5, 5.41) is 12.1. The lowest BCUT2D eigenvalue weighted by Gasteiger charge is -2.04. The summed E-state index contributed by atoms with van der Waals surface area (Å²) < 4.78 is 3.87. The van der Waals surface area contributed by atoms with E-state index < -0.39 is 0 Å². The van der Waals surface area contributed by atoms with Crippen LogP contribution in [0.4, 0.5) is 5.82 Å². The molecule has 0 aliphatic heterocycles. The van der Waals surface area contributed by atoms with Crippen LogP contribution in [0.5, 0.6) is 0 Å². The summed E-state index contributed by atoms with van der Waals surface area (Å²) in [6.07, 6.45) is 3.34. The quantitative estimate of drug-likeness (QED) is 0.683. The van der Waals surface area contributed by atoms with Crippen LogP contribution < -0.4 is 5.32 Å². The molecule has 0 fully saturated rings. The van der Waals surface area contributed by atoms with E-state index in [0.29, 0.717) is 32.6 Å². The predicted molar refractivity (Wildman–Crippen MR) is 96.7 cm³/mol. The van der Waals surface area contributed by atoms with E-state index in [1.807, 2.05) is 6.07 Å². The monoisotopic (exact) mass is 427 g/mol. The standard InChI is InChI=1S/C15H12BrCl2N5O/c1-22-13(4-5-19-22)15(24)20-14-10(16)8-23(21-14)7-9-2-3-11(17)12(18)6-9/h2-6,8H,7H2,1H3,(H,20,21,24). The van der Waals surface area contributed by atoms with E-state index in [1.165, 1.54) is 4.68 Å². The molecule has 0 aliphatic carbocycles. The Bertz CT molecular complexity index is 905. The highest BCUT2D eigenvalue weighted by Gasteiger charge is 2.14. The zero-order valence-corrected chi connectivity index (χ0v) is 15.6. The van der Waals surface area contributed by atoms with Crippen molar-refractivity contribution in [1.82, 2.24) is 19.6 Å². The fourth-order valence-electron chi connectivity index (χ4n) is 2.16. The van der Waals surface area contributed by atoms with E-state index in [4.69, 9.17) is 23.2 Å². The average Bonchev–Trinajstić information content (AvgIpc) is 3.09. The predicted octanol–water partition coefficient (Wildman–Crippen LogP) is 3.99. The van der Waals surface area contributed by atoms with E-state index in [1.54, 1.807) is 42.3 Å². The number of halogens is 3. The number of hydrogen-bond donors (Lipinski definition) is 1. The molecule has 6 nitrogen and oxygen atoms in total. The summed E-state index contributed by atoms with van der Waals surface area (Å²) >= 11 is 15.3. The van der Waals surface area contributed by atoms with Gasteiger partial charge in [0.15, 0.2) is 5.82 Å². The van der Waals surface area contributed by atoms with Crippen molar-refractivity contribution in [3.05, 3.63) is 62.4 Å². The maximum atomic E-state index is 12.2. The molecule has 0 radical (unpaired) electrons. The van der Waals surface area contributed by atoms with Crippen molar-refractivity contribution in [2.75, 3.05) is 5.32 Å². The summed E-state index contributed by atoms with van der Waals surface area (Å²) in [6, 6.07) is 7.03. The molecular weight excluding hydrogens is 417 g/mol. The first-order valence-corrected chi connectivity index (χ1v) is 8.45. The molecule has 1 amide bonds. The number of carbonyl (C=O) groups is 1. The highest BCUT2D eigenvalue weighted by Crippen LogP contribution is 2.25. The maximum absolute atomic E-state index is 12.2. The number of benzene rings is 1. The van der Waals surface area contributed by atoms with Gasteiger partial charge in [-0.05, 0) is 39.7 Å². The van der Waals surface area contributed by atoms with Gasteiger partial charge in [-0.2, -0.15) is 10.2 Å². The summed E-state index contributed by atoms with van der Waals surface area (Å²) in [7, 11) is 1.70. The molecular formula is C15H12BrCl2N5O. The van der Waals surface area contributed by atoms with Crippen molar-refractivity contribution in [2.24, 2.45) is 7.05 Å². The van der Waals surface area contributed by atoms with E-state index in [2.05, 4.69) is 31.4 Å². The number of amides is 1. The first-order valence-electron chi connectivity index (χ1n) is 6.90. The second-order valence-corrected chi connectivity index (χ2v) is 6.73. The van der Waals surface area contributed by atoms with Crippen LogP contribution in [0.25, 0.3) is 0 Å². The average molecular weight is 429 g/mol. The first kappa shape index (κ1) is 17.0. The summed E-state index contributed by atoms with van der Waals surface area (Å²) in [6.45, 7) is 0.497. The lowest BCUT2D eigenvalue weighted by Crippen LogP contribution is -2.17. The van der Waals surface area contributed by atoms with Crippen LogP contribution in [0.3, 0.4) is 0 Å². The number of hydrogen-bond acceptors (Lipinski definition) is 3. The Balaban J connectivity index is 1.76. The first-order chi connectivity index (χ1) is 11.4. The van der Waals surface area contributed by atoms with Crippen LogP contribution in [0.2, 0.25) is 10.0 Å². The third-order valence-electron chi connectivity index (χ3n) is 3.33. The van der Waals surface area contributed by atoms with Crippen LogP contribution in [0.15, 0.2) is 41.1 Å². The molecule has 0 saturated carbocycles. The molecule has 0 unspecified atom stereocenters. The molecule has 2 heterocycles. The number of aromatic nitrogens is 4. The summed E-state index contributed by atoms with van der Waals surface area (Å²) in [4.78, 5) is 12.2. The Morgan fingerprint density at radius 3 is 2.75 bits per heavy atom. The van der Waals surface area contributed by atoms with E-state index in [9.17, 15) is 4.79 Å². The van der Waals surface area contributed by atoms with Gasteiger partial charge < -0.3 is 5.32 Å². The van der Waals surface area contributed by atoms with Crippen molar-refractivity contribution in [2.45, 2.75) is 6.54 Å². The van der Waals surface area contributed by atoms with Gasteiger partial charge in [0.1, 0.15) is 5.69 Å². The Labute approximate surface area is 156 Å². The Kier molecular flexibility index (Phi) is 4.93. The smallest absolute Gasteiger partial charge is 0.275 e. The summed E-state index contributed by atoms with van der Waals surface area (Å²) in [5.41, 5.74) is 1.39. The third-order valence-corrected chi connectivity index (χ3v) is 4.65. The van der Waals surface area contributed by atoms with Crippen molar-refractivity contribution in [3.63, 3.8) is 0 Å². The molecule has 1 aromatic carbocycles. The molecule has 2 aromatic heterocycles. The fraction of sp³-hybridized carbons (Fsp3) is 0.133. The van der Waals surface area contributed by atoms with E-state index in [-0.39, 0.29) is 5.91 Å². The summed E-state index contributed by atoms with van der Waals surface area (Å²) in [5.74, 6) is 0.150. The Morgan fingerprint density at radius 1 is 1.29 bits per heavy atom. The van der Waals surface area contributed by atoms with Gasteiger partial charge in [0.05, 0.1) is 21.1 Å². The van der Waals surface area contributed by atoms with Crippen LogP contribution in [-0.4, -0.2) is 25.5 Å². The van der Waals surface area contributed by atoms with Crippen molar-refractivity contribution >= 4 is 50.9 Å². The lowest BCUT2D eigenvalue weighted by molar-refractivity contribution is 0.101. The number of nitrogens with zero attached hydrogens (tertiary/aromatic N) is 4. The number of anilines is 1. The molecule has 0 saturated heterocycles. The highest BCUT2D eigenvalue weighted by atomic mass is 79.9. The van der Waals surface area contributed by atoms with Crippen LogP contribution in [-0.2, 0) is 13.6 Å². The number of nitrogens with one attached hydrogen (secondary N) is 1. The molecule has 0 bridgehead atoms. The molecule has 0 atom stereocenters. The van der Waals surface area contributed by atoms with Crippen LogP contribution in [0, 0.1) is 0 Å². The van der Waals surface area contributed by atoms with Crippen LogP contribution >= 0.6 is 39.1 Å². The zero-order chi connectivity index (χ0) is 17.3. The fourth-order valence-corrected chi connectivity index (χ4v) is 2.89. The minimum atomic E-state index is -0.282. The normalized spacial score (nSPS) is 10.8. The SMILES string of the molecule is Cn1nccc1C(=O)Nc1nn(Cc2ccc(Cl)c(Cl)c2)cc1Br. The number of carbonyl (C=O) groups excluding carboxylic acids is 1. The molecule has 3 rings (SSSR count). The third kappa shape index (κ3) is 3.63. The van der Waals surface area contributed by atoms with Crippen molar-refractivity contribution in [3.8, 4) is 0 Å². The van der Waals surface area contributed by atoms with Gasteiger partial charge in [0.2, 0.25) is 0 Å². The molecule has 124 valence electrons. The highest BCUT2D eigenvalue weighted by molar-refractivity contribution is 9.10. The number of rotatable bonds is 4. The van der Waals surface area contributed by atoms with Gasteiger partial charge >= 0.3 is 0 Å². The van der Waals surface area contributed by atoms with Crippen molar-refractivity contribution < 1.29 is 4.79 Å². The molecule has 9 heteroatoms. The van der Waals surface area contributed by atoms with E-state index in [0.717, 1.165) is 5.56 Å². The van der Waals surface area contributed by atoms with E-state index >= 15 is 0 Å². The molecule has 24 heavy (non-hydrogen) atoms. The minimum Gasteiger partial charge on any atom is -0.303 e. The van der Waals surface area contributed by atoms with Gasteiger partial charge in [-0.25, -0.2) is 0 Å². The topological polar surface area (TPSA) is 64.7 Å². The molecule has 3 aromatic rings. The molecule has 0 aliphatic rings. The lowest BCUT2D eigenvalue weighted by atomic mass is 10.2. The van der Waals surface area contributed by atoms with Crippen molar-refractivity contribution in [1.29, 1.82) is 0 Å².